The van der Waals surface area contributed by atoms with Crippen molar-refractivity contribution in [2.75, 3.05) is 5.32 Å². The summed E-state index contributed by atoms with van der Waals surface area (Å²) in [6.45, 7) is 0. The summed E-state index contributed by atoms with van der Waals surface area (Å²) in [5.74, 6) is -0.479. The number of aromatic nitrogens is 1. The van der Waals surface area contributed by atoms with Crippen LogP contribution in [0.15, 0.2) is 78.0 Å². The molecule has 160 valence electrons. The number of fused-ring (bicyclic) bond motifs is 1. The molecule has 32 heavy (non-hydrogen) atoms. The van der Waals surface area contributed by atoms with Gasteiger partial charge in [-0.3, -0.25) is 0 Å². The van der Waals surface area contributed by atoms with Gasteiger partial charge in [0.15, 0.2) is 11.6 Å². The molecule has 0 aliphatic rings. The summed E-state index contributed by atoms with van der Waals surface area (Å²) in [7, 11) is 0. The number of benzene rings is 3. The summed E-state index contributed by atoms with van der Waals surface area (Å²) in [6.07, 6.45) is 1.42. The van der Waals surface area contributed by atoms with Crippen LogP contribution in [0.3, 0.4) is 0 Å². The van der Waals surface area contributed by atoms with Gasteiger partial charge in [-0.1, -0.05) is 6.07 Å². The summed E-state index contributed by atoms with van der Waals surface area (Å²) in [5, 5.41) is 16.4. The van der Waals surface area contributed by atoms with Gasteiger partial charge >= 0.3 is 0 Å². The van der Waals surface area contributed by atoms with Gasteiger partial charge < -0.3 is 15.2 Å². The highest BCUT2D eigenvalue weighted by molar-refractivity contribution is 14.1. The van der Waals surface area contributed by atoms with E-state index >= 15 is 0 Å². The lowest BCUT2D eigenvalue weighted by Gasteiger charge is -2.10. The van der Waals surface area contributed by atoms with E-state index in [9.17, 15) is 13.9 Å². The number of halogens is 3. The second kappa shape index (κ2) is 9.27. The molecule has 0 spiro atoms. The fourth-order valence-corrected chi connectivity index (χ4v) is 3.42. The minimum Gasteiger partial charge on any atom is -0.505 e. The Balaban J connectivity index is 1.62. The first kappa shape index (κ1) is 21.6. The van der Waals surface area contributed by atoms with Crippen molar-refractivity contribution in [3.8, 4) is 17.2 Å². The molecule has 0 saturated heterocycles. The Hall–Kier alpha value is -3.60. The third-order valence-electron chi connectivity index (χ3n) is 4.52. The monoisotopic (exact) mass is 544 g/mol. The molecule has 3 aromatic carbocycles. The molecule has 4 rings (SSSR count). The van der Waals surface area contributed by atoms with Crippen molar-refractivity contribution in [1.29, 1.82) is 5.53 Å². The van der Waals surface area contributed by atoms with E-state index in [1.807, 2.05) is 22.6 Å². The van der Waals surface area contributed by atoms with Crippen LogP contribution in [0.2, 0.25) is 0 Å². The van der Waals surface area contributed by atoms with Gasteiger partial charge in [0.25, 0.3) is 0 Å². The molecule has 1 aromatic heterocycles. The third kappa shape index (κ3) is 4.67. The first-order valence-corrected chi connectivity index (χ1v) is 10.4. The highest BCUT2D eigenvalue weighted by Gasteiger charge is 2.10. The van der Waals surface area contributed by atoms with E-state index < -0.39 is 11.6 Å². The summed E-state index contributed by atoms with van der Waals surface area (Å²) < 4.78 is 33.4. The standard InChI is InChI=1S/C23H15F2IN4O2/c24-16-7-5-14(11-18(16)26)32-23-3-1-2-19-15(23)6-8-20(29-19)21(30-27)12-28-13-4-9-22(31)17(25)10-13/h1-12,27-28,31H/b21-12-,30-27?. The van der Waals surface area contributed by atoms with Crippen LogP contribution in [-0.4, -0.2) is 10.1 Å². The quantitative estimate of drug-likeness (QED) is 0.138. The van der Waals surface area contributed by atoms with E-state index in [2.05, 4.69) is 15.4 Å². The average Bonchev–Trinajstić information content (AvgIpc) is 2.79. The number of phenolic OH excluding ortho intramolecular Hbond substituents is 1. The fraction of sp³-hybridized carbons (Fsp3) is 0. The van der Waals surface area contributed by atoms with Crippen LogP contribution in [0.25, 0.3) is 16.6 Å². The SMILES string of the molecule is N=N/C(=C\Nc1ccc(O)c(F)c1)c1ccc2c(Oc3ccc(F)c(I)c3)cccc2n1. The minimum absolute atomic E-state index is 0.222. The zero-order valence-electron chi connectivity index (χ0n) is 16.3. The largest absolute Gasteiger partial charge is 0.505 e. The van der Waals surface area contributed by atoms with Crippen molar-refractivity contribution in [2.45, 2.75) is 0 Å². The van der Waals surface area contributed by atoms with E-state index in [1.165, 1.54) is 24.4 Å². The molecule has 0 unspecified atom stereocenters. The van der Waals surface area contributed by atoms with Crippen LogP contribution >= 0.6 is 22.6 Å². The molecule has 0 bridgehead atoms. The summed E-state index contributed by atoms with van der Waals surface area (Å²) >= 11 is 1.90. The normalized spacial score (nSPS) is 11.4. The minimum atomic E-state index is -0.764. The van der Waals surface area contributed by atoms with Crippen molar-refractivity contribution in [1.82, 2.24) is 4.98 Å². The van der Waals surface area contributed by atoms with Gasteiger partial charge in [-0.05, 0) is 77.2 Å². The third-order valence-corrected chi connectivity index (χ3v) is 5.34. The zero-order chi connectivity index (χ0) is 22.7. The molecule has 0 amide bonds. The van der Waals surface area contributed by atoms with E-state index in [1.54, 1.807) is 42.5 Å². The van der Waals surface area contributed by atoms with Crippen LogP contribution in [0, 0.1) is 20.7 Å². The molecule has 1 heterocycles. The maximum atomic E-state index is 13.5. The number of aromatic hydroxyl groups is 1. The summed E-state index contributed by atoms with van der Waals surface area (Å²) in [5.41, 5.74) is 9.12. The van der Waals surface area contributed by atoms with Gasteiger partial charge in [0, 0.05) is 23.3 Å². The second-order valence-electron chi connectivity index (χ2n) is 6.65. The topological polar surface area (TPSA) is 90.6 Å². The lowest BCUT2D eigenvalue weighted by molar-refractivity contribution is 0.432. The molecular formula is C23H15F2IN4O2. The Morgan fingerprint density at radius 1 is 1.06 bits per heavy atom. The second-order valence-corrected chi connectivity index (χ2v) is 7.81. The van der Waals surface area contributed by atoms with Gasteiger partial charge in [-0.15, -0.1) is 0 Å². The number of phenols is 1. The predicted octanol–water partition coefficient (Wildman–Crippen LogP) is 7.06. The van der Waals surface area contributed by atoms with Crippen molar-refractivity contribution in [2.24, 2.45) is 5.11 Å². The Bertz CT molecular complexity index is 1360. The first-order chi connectivity index (χ1) is 15.4. The Kier molecular flexibility index (Phi) is 6.26. The number of rotatable bonds is 6. The van der Waals surface area contributed by atoms with Crippen molar-refractivity contribution < 1.29 is 18.6 Å². The molecule has 0 aliphatic carbocycles. The number of hydrogen-bond acceptors (Lipinski definition) is 6. The predicted molar refractivity (Wildman–Crippen MR) is 126 cm³/mol. The average molecular weight is 544 g/mol. The highest BCUT2D eigenvalue weighted by atomic mass is 127. The maximum Gasteiger partial charge on any atom is 0.166 e. The number of hydrogen-bond donors (Lipinski definition) is 3. The summed E-state index contributed by atoms with van der Waals surface area (Å²) in [6, 6.07) is 17.2. The molecular weight excluding hydrogens is 529 g/mol. The van der Waals surface area contributed by atoms with Crippen LogP contribution in [0.1, 0.15) is 5.69 Å². The molecule has 0 saturated carbocycles. The van der Waals surface area contributed by atoms with E-state index in [0.29, 0.717) is 32.0 Å². The van der Waals surface area contributed by atoms with Crippen molar-refractivity contribution >= 4 is 44.9 Å². The first-order valence-electron chi connectivity index (χ1n) is 9.30. The van der Waals surface area contributed by atoms with E-state index in [-0.39, 0.29) is 11.5 Å². The van der Waals surface area contributed by atoms with Crippen molar-refractivity contribution in [3.63, 3.8) is 0 Å². The van der Waals surface area contributed by atoms with Crippen molar-refractivity contribution in [3.05, 3.63) is 93.8 Å². The smallest absolute Gasteiger partial charge is 0.166 e. The molecule has 0 fully saturated rings. The van der Waals surface area contributed by atoms with Crippen LogP contribution in [0.5, 0.6) is 17.2 Å². The van der Waals surface area contributed by atoms with E-state index in [4.69, 9.17) is 10.3 Å². The summed E-state index contributed by atoms with van der Waals surface area (Å²) in [4.78, 5) is 4.55. The van der Waals surface area contributed by atoms with Crippen LogP contribution in [-0.2, 0) is 0 Å². The molecule has 3 N–H and O–H groups in total. The lowest BCUT2D eigenvalue weighted by Crippen LogP contribution is -1.95. The van der Waals surface area contributed by atoms with Gasteiger partial charge in [0.05, 0.1) is 14.8 Å². The molecule has 0 atom stereocenters. The Labute approximate surface area is 195 Å². The van der Waals surface area contributed by atoms with E-state index in [0.717, 1.165) is 11.5 Å². The van der Waals surface area contributed by atoms with Crippen LogP contribution in [0.4, 0.5) is 14.5 Å². The molecule has 9 heteroatoms. The number of nitrogens with zero attached hydrogens (tertiary/aromatic N) is 2. The fourth-order valence-electron chi connectivity index (χ4n) is 2.94. The zero-order valence-corrected chi connectivity index (χ0v) is 18.5. The van der Waals surface area contributed by atoms with Crippen LogP contribution < -0.4 is 10.1 Å². The Morgan fingerprint density at radius 3 is 2.66 bits per heavy atom. The molecule has 0 aliphatic heterocycles. The van der Waals surface area contributed by atoms with Gasteiger partial charge in [0.2, 0.25) is 0 Å². The molecule has 0 radical (unpaired) electrons. The Morgan fingerprint density at radius 2 is 1.91 bits per heavy atom. The molecule has 6 nitrogen and oxygen atoms in total. The highest BCUT2D eigenvalue weighted by Crippen LogP contribution is 2.31. The number of pyridine rings is 1. The number of nitrogens with one attached hydrogen (secondary N) is 2. The lowest BCUT2D eigenvalue weighted by atomic mass is 10.1. The van der Waals surface area contributed by atoms with Gasteiger partial charge in [-0.25, -0.2) is 19.3 Å². The van der Waals surface area contributed by atoms with Gasteiger partial charge in [0.1, 0.15) is 23.0 Å². The molecule has 4 aromatic rings. The number of anilines is 1. The number of ether oxygens (including phenoxy) is 1. The van der Waals surface area contributed by atoms with Gasteiger partial charge in [-0.2, -0.15) is 5.11 Å². The maximum absolute atomic E-state index is 13.5.